The van der Waals surface area contributed by atoms with Crippen molar-refractivity contribution in [2.75, 3.05) is 40.4 Å². The van der Waals surface area contributed by atoms with Crippen molar-refractivity contribution in [2.24, 2.45) is 11.3 Å². The highest BCUT2D eigenvalue weighted by Gasteiger charge is 2.41. The molecule has 6 atom stereocenters. The van der Waals surface area contributed by atoms with Gasteiger partial charge in [0.15, 0.2) is 0 Å². The lowest BCUT2D eigenvalue weighted by Crippen LogP contribution is -2.64. The maximum absolute atomic E-state index is 14.7. The molecule has 0 aliphatic carbocycles. The van der Waals surface area contributed by atoms with Gasteiger partial charge in [-0.15, -0.1) is 11.3 Å². The quantitative estimate of drug-likeness (QED) is 0.131. The number of hydrogen-bond acceptors (Lipinski definition) is 11. The summed E-state index contributed by atoms with van der Waals surface area (Å²) in [5, 5.41) is 8.11. The summed E-state index contributed by atoms with van der Waals surface area (Å²) in [5.74, 6) is -1.92. The topological polar surface area (TPSA) is 172 Å². The Labute approximate surface area is 477 Å². The van der Waals surface area contributed by atoms with E-state index in [2.05, 4.69) is 66.9 Å². The number of nitrogens with zero attached hydrogens (tertiary/aromatic N) is 7. The number of piperazine rings is 1. The lowest BCUT2D eigenvalue weighted by molar-refractivity contribution is -0.155. The number of carbonyl (C=O) groups is 5. The van der Waals surface area contributed by atoms with Gasteiger partial charge in [0.2, 0.25) is 11.8 Å². The molecule has 0 radical (unpaired) electrons. The van der Waals surface area contributed by atoms with E-state index in [1.165, 1.54) is 27.3 Å². The molecular weight excluding hydrogens is 1060 g/mol. The number of aryl methyl sites for hydroxylation is 1. The minimum Gasteiger partial charge on any atom is -0.464 e. The monoisotopic (exact) mass is 1140 g/mol. The molecule has 73 heavy (non-hydrogen) atoms. The van der Waals surface area contributed by atoms with Crippen LogP contribution in [0.4, 0.5) is 4.79 Å². The van der Waals surface area contributed by atoms with E-state index in [-0.39, 0.29) is 137 Å². The summed E-state index contributed by atoms with van der Waals surface area (Å²) in [6.45, 7) is 21.2. The van der Waals surface area contributed by atoms with Gasteiger partial charge in [0, 0.05) is 97.9 Å². The third-order valence-corrected chi connectivity index (χ3v) is 14.3. The molecule has 16 nitrogen and oxygen atoms in total. The number of aromatic nitrogens is 3. The average Bonchev–Trinajstić information content (AvgIpc) is 3.91. The van der Waals surface area contributed by atoms with Crippen molar-refractivity contribution in [3.8, 4) is 22.5 Å². The van der Waals surface area contributed by atoms with E-state index in [4.69, 9.17) is 19.4 Å². The fraction of sp³-hybridized carbons (Fsp3) is 0.540. The van der Waals surface area contributed by atoms with Gasteiger partial charge in [0.05, 0.1) is 34.8 Å². The number of likely N-dealkylation sites (N-methyl/N-ethyl adjacent to an activating group) is 1. The SMILES string of the molecule is C=CC(=O)N1C[C@H](C)N(C(=O)N(C)[C@H](C(=O)N[C@H]2Cc3nc(cs3)-c3ccc4c(c3)c(c(-c3cccnc3[C@H](C)OC)n4CC)CC(C)(C)COC(=O)[C@@H]3CCCN(N3)C2=O)C(C)C)C[C@@H]1C.S.S.S.S.S.S. The molecule has 2 saturated heterocycles. The number of hydrazine groups is 1. The first kappa shape index (κ1) is 67.5. The van der Waals surface area contributed by atoms with Crippen LogP contribution in [-0.2, 0) is 48.0 Å². The smallest absolute Gasteiger partial charge is 0.324 e. The lowest BCUT2D eigenvalue weighted by Gasteiger charge is -2.46. The Kier molecular flexibility index (Phi) is 26.4. The molecule has 6 bridgehead atoms. The maximum Gasteiger partial charge on any atom is 0.324 e. The molecule has 2 fully saturated rings. The molecule has 23 heteroatoms. The van der Waals surface area contributed by atoms with E-state index in [1.54, 1.807) is 30.2 Å². The van der Waals surface area contributed by atoms with Gasteiger partial charge >= 0.3 is 12.0 Å². The number of ether oxygens (including phenoxy) is 2. The van der Waals surface area contributed by atoms with E-state index in [9.17, 15) is 24.0 Å². The number of rotatable bonds is 9. The molecule has 1 aromatic carbocycles. The molecule has 0 unspecified atom stereocenters. The normalized spacial score (nSPS) is 20.4. The van der Waals surface area contributed by atoms with Gasteiger partial charge in [-0.3, -0.25) is 29.2 Å². The molecule has 3 aliphatic heterocycles. The van der Waals surface area contributed by atoms with Crippen LogP contribution in [0.1, 0.15) is 90.6 Å². The minimum atomic E-state index is -1.10. The number of amides is 5. The molecule has 3 aliphatic rings. The summed E-state index contributed by atoms with van der Waals surface area (Å²) in [6.07, 6.45) is 4.45. The van der Waals surface area contributed by atoms with Crippen LogP contribution >= 0.6 is 92.3 Å². The summed E-state index contributed by atoms with van der Waals surface area (Å²) < 4.78 is 14.2. The molecule has 7 rings (SSSR count). The second-order valence-electron chi connectivity index (χ2n) is 19.4. The molecule has 0 saturated carbocycles. The van der Waals surface area contributed by atoms with Crippen molar-refractivity contribution in [1.29, 1.82) is 0 Å². The number of carbonyl (C=O) groups excluding carboxylic acids is 5. The summed E-state index contributed by atoms with van der Waals surface area (Å²) >= 11 is 1.40. The van der Waals surface area contributed by atoms with Crippen molar-refractivity contribution >= 4 is 133 Å². The second-order valence-corrected chi connectivity index (χ2v) is 20.3. The van der Waals surface area contributed by atoms with Crippen LogP contribution in [0.15, 0.2) is 54.6 Å². The molecule has 5 amide bonds. The average molecular weight is 1140 g/mol. The van der Waals surface area contributed by atoms with Crippen LogP contribution < -0.4 is 10.7 Å². The lowest BCUT2D eigenvalue weighted by atomic mass is 9.84. The Morgan fingerprint density at radius 1 is 1.04 bits per heavy atom. The second kappa shape index (κ2) is 28.5. The maximum atomic E-state index is 14.7. The number of nitrogens with one attached hydrogen (secondary N) is 2. The van der Waals surface area contributed by atoms with Crippen LogP contribution in [0.25, 0.3) is 33.4 Å². The van der Waals surface area contributed by atoms with Crippen LogP contribution in [-0.4, -0.2) is 135 Å². The molecule has 408 valence electrons. The van der Waals surface area contributed by atoms with Gasteiger partial charge in [-0.05, 0) is 88.8 Å². The van der Waals surface area contributed by atoms with Crippen LogP contribution in [0.3, 0.4) is 0 Å². The molecular formula is C50H79N9O7S7. The highest BCUT2D eigenvalue weighted by atomic mass is 32.1. The number of thiazole rings is 1. The zero-order chi connectivity index (χ0) is 48.5. The number of pyridine rings is 1. The van der Waals surface area contributed by atoms with Gasteiger partial charge in [0.1, 0.15) is 18.1 Å². The van der Waals surface area contributed by atoms with Gasteiger partial charge in [-0.25, -0.2) is 15.2 Å². The summed E-state index contributed by atoms with van der Waals surface area (Å²) in [7, 11) is 3.28. The van der Waals surface area contributed by atoms with E-state index in [0.29, 0.717) is 43.9 Å². The summed E-state index contributed by atoms with van der Waals surface area (Å²) in [6, 6.07) is 6.64. The zero-order valence-corrected chi connectivity index (χ0v) is 50.4. The van der Waals surface area contributed by atoms with Crippen molar-refractivity contribution in [2.45, 2.75) is 124 Å². The van der Waals surface area contributed by atoms with Gasteiger partial charge < -0.3 is 34.1 Å². The predicted octanol–water partition coefficient (Wildman–Crippen LogP) is 7.06. The number of hydrogen-bond donors (Lipinski definition) is 2. The number of benzene rings is 1. The highest BCUT2D eigenvalue weighted by molar-refractivity contribution is 7.60. The zero-order valence-electron chi connectivity index (χ0n) is 43.6. The number of esters is 1. The Hall–Kier alpha value is -3.55. The first-order valence-electron chi connectivity index (χ1n) is 23.5. The van der Waals surface area contributed by atoms with Crippen LogP contribution in [0, 0.1) is 11.3 Å². The van der Waals surface area contributed by atoms with Crippen molar-refractivity contribution in [3.63, 3.8) is 0 Å². The Morgan fingerprint density at radius 2 is 1.71 bits per heavy atom. The van der Waals surface area contributed by atoms with Gasteiger partial charge in [0.25, 0.3) is 5.91 Å². The van der Waals surface area contributed by atoms with E-state index in [0.717, 1.165) is 44.7 Å². The number of fused-ring (bicyclic) bond motifs is 6. The predicted molar refractivity (Wildman–Crippen MR) is 321 cm³/mol. The van der Waals surface area contributed by atoms with E-state index < -0.39 is 41.3 Å². The first-order valence-corrected chi connectivity index (χ1v) is 24.3. The highest BCUT2D eigenvalue weighted by Crippen LogP contribution is 2.42. The number of cyclic esters (lactones) is 1. The van der Waals surface area contributed by atoms with E-state index >= 15 is 0 Å². The Balaban J connectivity index is 0.00000444. The third kappa shape index (κ3) is 14.5. The Bertz CT molecular complexity index is 2540. The molecule has 2 N–H and O–H groups in total. The van der Waals surface area contributed by atoms with Crippen molar-refractivity contribution in [3.05, 3.63) is 70.8 Å². The number of methoxy groups -OCH3 is 1. The Morgan fingerprint density at radius 3 is 2.36 bits per heavy atom. The molecule has 3 aromatic heterocycles. The molecule has 0 spiro atoms. The standard InChI is InChI=1S/C50H67N9O7S.6H2S/c1-12-42(60)57-25-31(6)58(26-30(57)5)49(64)55(10)44(29(3)4)46(61)53-38-23-41-52-39(27-67-41)33-18-19-40-35(22-33)36(45(56(40)13-2)34-16-14-20-51-43(34)32(7)65-11)24-50(8,9)28-66-48(63)37-17-15-21-59(54-37)47(38)62;;;;;;/h12,14,16,18-20,22,27,29-32,37-38,44,54H,1,13,15,17,21,23-26,28H2,2-11H3,(H,53,61);6*1H2/t30-,31-,32-,37-,38-,44-;;;;;;/m0....../s1. The first-order chi connectivity index (χ1) is 31.9. The van der Waals surface area contributed by atoms with Crippen molar-refractivity contribution < 1.29 is 33.4 Å². The van der Waals surface area contributed by atoms with Gasteiger partial charge in [-0.1, -0.05) is 40.3 Å². The van der Waals surface area contributed by atoms with E-state index in [1.807, 2.05) is 46.1 Å². The minimum absolute atomic E-state index is 0. The largest absolute Gasteiger partial charge is 0.464 e. The van der Waals surface area contributed by atoms with Gasteiger partial charge in [-0.2, -0.15) is 81.0 Å². The third-order valence-electron chi connectivity index (χ3n) is 13.5. The van der Waals surface area contributed by atoms with Crippen molar-refractivity contribution in [1.82, 2.24) is 45.0 Å². The number of urea groups is 1. The summed E-state index contributed by atoms with van der Waals surface area (Å²) in [5.41, 5.74) is 9.24. The molecule has 6 heterocycles. The van der Waals surface area contributed by atoms with Crippen LogP contribution in [0.5, 0.6) is 0 Å². The fourth-order valence-corrected chi connectivity index (χ4v) is 10.7. The van der Waals surface area contributed by atoms with Crippen LogP contribution in [0.2, 0.25) is 0 Å². The molecule has 4 aromatic rings. The fourth-order valence-electron chi connectivity index (χ4n) is 9.89. The summed E-state index contributed by atoms with van der Waals surface area (Å²) in [4.78, 5) is 84.6.